The summed E-state index contributed by atoms with van der Waals surface area (Å²) in [5.74, 6) is -2.39. The summed E-state index contributed by atoms with van der Waals surface area (Å²) >= 11 is 0. The lowest BCUT2D eigenvalue weighted by molar-refractivity contribution is -0.384. The van der Waals surface area contributed by atoms with Crippen LogP contribution in [-0.2, 0) is 66.5 Å². The molecule has 6 fully saturated rings. The number of ether oxygens (including phenoxy) is 11. The van der Waals surface area contributed by atoms with Crippen LogP contribution in [0.4, 0.5) is 0 Å². The van der Waals surface area contributed by atoms with Gasteiger partial charge in [-0.1, -0.05) is 0 Å². The minimum absolute atomic E-state index is 0.749. The van der Waals surface area contributed by atoms with Gasteiger partial charge < -0.3 is 155 Å². The lowest BCUT2D eigenvalue weighted by Gasteiger charge is -2.50. The third kappa shape index (κ3) is 13.7. The van der Waals surface area contributed by atoms with Crippen LogP contribution in [0.1, 0.15) is 20.8 Å². The Morgan fingerprint density at radius 3 is 1.17 bits per heavy atom. The fourth-order valence-corrected chi connectivity index (χ4v) is 9.61. The Bertz CT molecular complexity index is 1870. The third-order valence-electron chi connectivity index (χ3n) is 13.6. The van der Waals surface area contributed by atoms with Gasteiger partial charge in [0.2, 0.25) is 17.7 Å². The van der Waals surface area contributed by atoms with Crippen LogP contribution >= 0.6 is 0 Å². The van der Waals surface area contributed by atoms with Gasteiger partial charge in [-0.05, 0) is 0 Å². The molecule has 0 spiro atoms. The Hall–Kier alpha value is -2.71. The van der Waals surface area contributed by atoms with Crippen molar-refractivity contribution in [2.75, 3.05) is 39.6 Å². The van der Waals surface area contributed by atoms with E-state index in [1.165, 1.54) is 0 Å². The highest BCUT2D eigenvalue weighted by Crippen LogP contribution is 2.36. The van der Waals surface area contributed by atoms with Crippen LogP contribution in [-0.4, -0.2) is 328 Å². The number of aliphatic hydroxyl groups excluding tert-OH is 17. The van der Waals surface area contributed by atoms with E-state index in [1.807, 2.05) is 0 Å². The molecule has 30 atom stereocenters. The van der Waals surface area contributed by atoms with Crippen molar-refractivity contribution in [3.8, 4) is 0 Å². The number of aliphatic hydroxyl groups is 17. The van der Waals surface area contributed by atoms with Gasteiger partial charge in [-0.2, -0.15) is 0 Å². The van der Waals surface area contributed by atoms with Crippen molar-refractivity contribution < 1.29 is 153 Å². The predicted molar refractivity (Wildman–Crippen MR) is 234 cm³/mol. The monoisotopic (exact) mass is 1110 g/mol. The second kappa shape index (κ2) is 27.2. The molecule has 0 unspecified atom stereocenters. The second-order valence-electron chi connectivity index (χ2n) is 19.0. The number of carbonyl (C=O) groups excluding carboxylic acids is 3. The second-order valence-corrected chi connectivity index (χ2v) is 19.0. The predicted octanol–water partition coefficient (Wildman–Crippen LogP) is -13.7. The SMILES string of the molecule is CC(=O)N[C@@H]1[C@@H](O)[C@H](O[C@@H]2O[C@H](CO[C@H]3O[C@H](CO)[C@@H](O)[C@H](O)[C@@H]3O[C@@H]3O[C@H](CO)[C@@H](O[C@@H]4O[C@H](CO)[C@H](O)[C@H](O)[C@H]4O)[C@H](O)[C@H]3NC(C)=O)[C@@H](O[C@@H]3O[C@H](CO)[C@@H](O)[C@H](O)[C@H]3NC(C)=O)[C@H](O)[C@@H]2O)[C@@H](CO)O[C@@H]1O. The summed E-state index contributed by atoms with van der Waals surface area (Å²) in [6, 6.07) is -5.04. The van der Waals surface area contributed by atoms with Crippen molar-refractivity contribution in [3.05, 3.63) is 0 Å². The van der Waals surface area contributed by atoms with E-state index in [1.54, 1.807) is 0 Å². The van der Waals surface area contributed by atoms with Gasteiger partial charge in [0.25, 0.3) is 0 Å². The summed E-state index contributed by atoms with van der Waals surface area (Å²) < 4.78 is 63.9. The molecule has 6 rings (SSSR count). The zero-order valence-electron chi connectivity index (χ0n) is 40.9. The van der Waals surface area contributed by atoms with Gasteiger partial charge in [-0.15, -0.1) is 0 Å². The molecule has 0 aromatic carbocycles. The Kier molecular flexibility index (Phi) is 22.3. The zero-order valence-corrected chi connectivity index (χ0v) is 40.9. The minimum atomic E-state index is -2.24. The summed E-state index contributed by atoms with van der Waals surface area (Å²) in [6.45, 7) is -2.69. The average molecular weight is 1110 g/mol. The fourth-order valence-electron chi connectivity index (χ4n) is 9.61. The molecule has 0 aliphatic carbocycles. The van der Waals surface area contributed by atoms with Gasteiger partial charge in [0.1, 0.15) is 146 Å². The minimum Gasteiger partial charge on any atom is -0.394 e. The molecule has 76 heavy (non-hydrogen) atoms. The fraction of sp³-hybridized carbons (Fsp3) is 0.929. The summed E-state index contributed by atoms with van der Waals surface area (Å²) in [5.41, 5.74) is 0. The van der Waals surface area contributed by atoms with E-state index >= 15 is 0 Å². The Morgan fingerprint density at radius 1 is 0.342 bits per heavy atom. The molecule has 34 heteroatoms. The quantitative estimate of drug-likeness (QED) is 0.0571. The van der Waals surface area contributed by atoms with Crippen LogP contribution in [0.15, 0.2) is 0 Å². The lowest BCUT2D eigenvalue weighted by atomic mass is 9.94. The molecular weight excluding hydrogens is 1040 g/mol. The lowest BCUT2D eigenvalue weighted by Crippen LogP contribution is -2.70. The van der Waals surface area contributed by atoms with Crippen molar-refractivity contribution in [1.29, 1.82) is 0 Å². The highest BCUT2D eigenvalue weighted by molar-refractivity contribution is 5.74. The van der Waals surface area contributed by atoms with Crippen LogP contribution in [0.25, 0.3) is 0 Å². The van der Waals surface area contributed by atoms with Gasteiger partial charge in [0.15, 0.2) is 37.7 Å². The van der Waals surface area contributed by atoms with Crippen molar-refractivity contribution in [1.82, 2.24) is 16.0 Å². The van der Waals surface area contributed by atoms with E-state index in [9.17, 15) is 101 Å². The van der Waals surface area contributed by atoms with Crippen molar-refractivity contribution in [3.63, 3.8) is 0 Å². The number of rotatable bonds is 19. The van der Waals surface area contributed by atoms with Crippen LogP contribution in [0.2, 0.25) is 0 Å². The van der Waals surface area contributed by atoms with E-state index in [4.69, 9.17) is 52.1 Å². The molecule has 0 aromatic rings. The maximum absolute atomic E-state index is 12.6. The Labute approximate surface area is 431 Å². The average Bonchev–Trinajstić information content (AvgIpc) is 3.38. The molecular formula is C42H71N3O31. The Morgan fingerprint density at radius 2 is 0.671 bits per heavy atom. The van der Waals surface area contributed by atoms with E-state index in [2.05, 4.69) is 16.0 Å². The largest absolute Gasteiger partial charge is 0.394 e. The molecule has 440 valence electrons. The van der Waals surface area contributed by atoms with Crippen molar-refractivity contribution >= 4 is 17.7 Å². The van der Waals surface area contributed by atoms with E-state index < -0.39 is 241 Å². The summed E-state index contributed by atoms with van der Waals surface area (Å²) in [4.78, 5) is 36.8. The number of nitrogens with one attached hydrogen (secondary N) is 3. The molecule has 0 saturated carbocycles. The molecule has 6 heterocycles. The zero-order chi connectivity index (χ0) is 56.2. The number of hydrogen-bond acceptors (Lipinski definition) is 31. The molecule has 6 saturated heterocycles. The maximum Gasteiger partial charge on any atom is 0.217 e. The van der Waals surface area contributed by atoms with Crippen LogP contribution in [0.5, 0.6) is 0 Å². The molecule has 3 amide bonds. The van der Waals surface area contributed by atoms with E-state index in [-0.39, 0.29) is 0 Å². The van der Waals surface area contributed by atoms with Crippen molar-refractivity contribution in [2.24, 2.45) is 0 Å². The summed E-state index contributed by atoms with van der Waals surface area (Å²) in [5, 5.41) is 190. The molecule has 34 nitrogen and oxygen atoms in total. The van der Waals surface area contributed by atoms with Gasteiger partial charge in [-0.3, -0.25) is 14.4 Å². The smallest absolute Gasteiger partial charge is 0.217 e. The van der Waals surface area contributed by atoms with E-state index in [0.717, 1.165) is 20.8 Å². The van der Waals surface area contributed by atoms with Crippen LogP contribution in [0.3, 0.4) is 0 Å². The Balaban J connectivity index is 1.31. The highest BCUT2D eigenvalue weighted by atomic mass is 16.8. The normalized spacial score (nSPS) is 48.2. The molecule has 0 radical (unpaired) electrons. The molecule has 20 N–H and O–H groups in total. The molecule has 6 aliphatic heterocycles. The third-order valence-corrected chi connectivity index (χ3v) is 13.6. The van der Waals surface area contributed by atoms with E-state index in [0.29, 0.717) is 0 Å². The maximum atomic E-state index is 12.6. The van der Waals surface area contributed by atoms with Crippen LogP contribution < -0.4 is 16.0 Å². The first-order chi connectivity index (χ1) is 35.9. The van der Waals surface area contributed by atoms with Crippen molar-refractivity contribution in [2.45, 2.75) is 205 Å². The first kappa shape index (κ1) is 62.5. The van der Waals surface area contributed by atoms with Gasteiger partial charge >= 0.3 is 0 Å². The van der Waals surface area contributed by atoms with Gasteiger partial charge in [0.05, 0.1) is 39.6 Å². The standard InChI is InChI=1S/C42H71N3O31/c1-10(51)43-19-26(58)33(16(7-49)67-37(19)65)74-41-32(64)30(62)35(73-38-20(44-11(2)52)25(57)22(54)13(4-46)68-38)18(72-41)9-66-42-36(29(61)24(56)15(6-48)70-42)76-39-21(45-12(3)53)27(59)34(17(8-50)71-39)75-40-31(63)28(60)23(55)14(5-47)69-40/h13-42,46-50,54-65H,4-9H2,1-3H3,(H,43,51)(H,44,52)(H,45,53)/t13-,14-,15-,16-,17-,18-,19-,20-,21-,22-,23+,24-,25-,26-,27-,28+,29+,30-,31-,32+,33-,34-,35-,36+,37+,38+,39+,40+,41+,42+/m1/s1. The first-order valence-corrected chi connectivity index (χ1v) is 24.1. The summed E-state index contributed by atoms with van der Waals surface area (Å²) in [6.07, 6.45) is -51.4. The first-order valence-electron chi connectivity index (χ1n) is 24.1. The highest BCUT2D eigenvalue weighted by Gasteiger charge is 2.57. The molecule has 0 bridgehead atoms. The number of carbonyl (C=O) groups is 3. The summed E-state index contributed by atoms with van der Waals surface area (Å²) in [7, 11) is 0. The number of hydrogen-bond donors (Lipinski definition) is 20. The van der Waals surface area contributed by atoms with Gasteiger partial charge in [0, 0.05) is 20.8 Å². The molecule has 0 aromatic heterocycles. The molecule has 6 aliphatic rings. The topological polar surface area (TPSA) is 533 Å². The van der Waals surface area contributed by atoms with Crippen LogP contribution in [0, 0.1) is 0 Å². The van der Waals surface area contributed by atoms with Gasteiger partial charge in [-0.25, -0.2) is 0 Å². The number of amides is 3.